The van der Waals surface area contributed by atoms with Crippen LogP contribution in [-0.2, 0) is 19.4 Å². The fourth-order valence-electron chi connectivity index (χ4n) is 2.04. The van der Waals surface area contributed by atoms with E-state index in [1.165, 1.54) is 0 Å². The molecule has 0 radical (unpaired) electrons. The molecule has 1 unspecified atom stereocenters. The lowest BCUT2D eigenvalue weighted by Crippen LogP contribution is -2.24. The average molecular weight is 341 g/mol. The maximum atomic E-state index is 11.8. The Kier molecular flexibility index (Phi) is 7.22. The van der Waals surface area contributed by atoms with E-state index in [2.05, 4.69) is 5.32 Å². The fourth-order valence-corrected chi connectivity index (χ4v) is 3.30. The van der Waals surface area contributed by atoms with E-state index < -0.39 is 33.4 Å². The van der Waals surface area contributed by atoms with Gasteiger partial charge >= 0.3 is 5.97 Å². The normalized spacial score (nSPS) is 12.6. The zero-order valence-electron chi connectivity index (χ0n) is 13.4. The number of rotatable bonds is 9. The Hall–Kier alpha value is -1.89. The van der Waals surface area contributed by atoms with Crippen molar-refractivity contribution >= 4 is 27.4 Å². The predicted molar refractivity (Wildman–Crippen MR) is 89.3 cm³/mol. The SMILES string of the molecule is CCCCCS(=O)(=O)CC(=O)Nc1ccc(C(C)C(=O)O)cc1. The molecule has 1 amide bonds. The Morgan fingerprint density at radius 3 is 2.30 bits per heavy atom. The van der Waals surface area contributed by atoms with Gasteiger partial charge in [-0.2, -0.15) is 0 Å². The number of carboxylic acid groups (broad SMARTS) is 1. The molecule has 6 nitrogen and oxygen atoms in total. The highest BCUT2D eigenvalue weighted by molar-refractivity contribution is 7.92. The number of benzene rings is 1. The molecule has 0 heterocycles. The summed E-state index contributed by atoms with van der Waals surface area (Å²) in [6.45, 7) is 3.55. The predicted octanol–water partition coefficient (Wildman–Crippen LogP) is 2.42. The molecule has 1 aromatic carbocycles. The first-order chi connectivity index (χ1) is 10.7. The van der Waals surface area contributed by atoms with Crippen molar-refractivity contribution in [3.05, 3.63) is 29.8 Å². The van der Waals surface area contributed by atoms with Crippen molar-refractivity contribution in [3.63, 3.8) is 0 Å². The first-order valence-corrected chi connectivity index (χ1v) is 9.40. The summed E-state index contributed by atoms with van der Waals surface area (Å²) in [5.74, 6) is -2.67. The Labute approximate surface area is 136 Å². The van der Waals surface area contributed by atoms with Crippen molar-refractivity contribution in [2.45, 2.75) is 39.0 Å². The molecule has 23 heavy (non-hydrogen) atoms. The lowest BCUT2D eigenvalue weighted by Gasteiger charge is -2.09. The summed E-state index contributed by atoms with van der Waals surface area (Å²) < 4.78 is 23.6. The van der Waals surface area contributed by atoms with Gasteiger partial charge in [0.1, 0.15) is 5.75 Å². The van der Waals surface area contributed by atoms with Crippen LogP contribution in [0.1, 0.15) is 44.6 Å². The Bertz CT molecular complexity index is 637. The van der Waals surface area contributed by atoms with Crippen LogP contribution in [-0.4, -0.2) is 36.9 Å². The molecule has 0 aliphatic rings. The lowest BCUT2D eigenvalue weighted by atomic mass is 10.0. The molecule has 2 N–H and O–H groups in total. The summed E-state index contributed by atoms with van der Waals surface area (Å²) in [5, 5.41) is 11.4. The number of carbonyl (C=O) groups excluding carboxylic acids is 1. The minimum absolute atomic E-state index is 0.0172. The molecule has 1 atom stereocenters. The van der Waals surface area contributed by atoms with E-state index in [0.717, 1.165) is 12.8 Å². The van der Waals surface area contributed by atoms with Crippen LogP contribution in [0.4, 0.5) is 5.69 Å². The molecule has 1 aromatic rings. The van der Waals surface area contributed by atoms with Gasteiger partial charge in [-0.15, -0.1) is 0 Å². The molecule has 0 aliphatic carbocycles. The van der Waals surface area contributed by atoms with Gasteiger partial charge in [0.2, 0.25) is 5.91 Å². The van der Waals surface area contributed by atoms with E-state index in [1.54, 1.807) is 31.2 Å². The monoisotopic (exact) mass is 341 g/mol. The van der Waals surface area contributed by atoms with Crippen LogP contribution in [0, 0.1) is 0 Å². The van der Waals surface area contributed by atoms with Crippen LogP contribution in [0.5, 0.6) is 0 Å². The largest absolute Gasteiger partial charge is 0.481 e. The molecule has 0 aromatic heterocycles. The molecule has 0 saturated heterocycles. The summed E-state index contributed by atoms with van der Waals surface area (Å²) in [6.07, 6.45) is 2.31. The summed E-state index contributed by atoms with van der Waals surface area (Å²) in [6, 6.07) is 6.33. The first-order valence-electron chi connectivity index (χ1n) is 7.58. The number of anilines is 1. The van der Waals surface area contributed by atoms with Crippen molar-refractivity contribution in [1.82, 2.24) is 0 Å². The number of unbranched alkanes of at least 4 members (excludes halogenated alkanes) is 2. The number of carbonyl (C=O) groups is 2. The van der Waals surface area contributed by atoms with Gasteiger partial charge in [-0.1, -0.05) is 31.9 Å². The quantitative estimate of drug-likeness (QED) is 0.672. The number of aliphatic carboxylic acids is 1. The number of hydrogen-bond acceptors (Lipinski definition) is 4. The van der Waals surface area contributed by atoms with Crippen molar-refractivity contribution in [2.24, 2.45) is 0 Å². The molecule has 0 saturated carbocycles. The highest BCUT2D eigenvalue weighted by atomic mass is 32.2. The topological polar surface area (TPSA) is 101 Å². The van der Waals surface area contributed by atoms with Crippen molar-refractivity contribution < 1.29 is 23.1 Å². The van der Waals surface area contributed by atoms with Gasteiger partial charge in [0, 0.05) is 5.69 Å². The zero-order valence-corrected chi connectivity index (χ0v) is 14.2. The lowest BCUT2D eigenvalue weighted by molar-refractivity contribution is -0.138. The number of hydrogen-bond donors (Lipinski definition) is 2. The van der Waals surface area contributed by atoms with Gasteiger partial charge in [0.15, 0.2) is 9.84 Å². The maximum Gasteiger partial charge on any atom is 0.310 e. The van der Waals surface area contributed by atoms with Crippen LogP contribution in [0.15, 0.2) is 24.3 Å². The Morgan fingerprint density at radius 1 is 1.17 bits per heavy atom. The number of carboxylic acids is 1. The van der Waals surface area contributed by atoms with Crippen LogP contribution < -0.4 is 5.32 Å². The van der Waals surface area contributed by atoms with Gasteiger partial charge in [0.25, 0.3) is 0 Å². The molecule has 0 aliphatic heterocycles. The second-order valence-electron chi connectivity index (χ2n) is 5.53. The molecule has 0 bridgehead atoms. The van der Waals surface area contributed by atoms with Crippen LogP contribution in [0.25, 0.3) is 0 Å². The second-order valence-corrected chi connectivity index (χ2v) is 7.71. The molecule has 0 fully saturated rings. The number of sulfone groups is 1. The van der Waals surface area contributed by atoms with E-state index >= 15 is 0 Å². The third-order valence-electron chi connectivity index (χ3n) is 3.47. The van der Waals surface area contributed by atoms with Crippen molar-refractivity contribution in [3.8, 4) is 0 Å². The fraction of sp³-hybridized carbons (Fsp3) is 0.500. The molecule has 128 valence electrons. The standard InChI is InChI=1S/C16H23NO5S/c1-3-4-5-10-23(21,22)11-15(18)17-14-8-6-13(7-9-14)12(2)16(19)20/h6-9,12H,3-5,10-11H2,1-2H3,(H,17,18)(H,19,20). The highest BCUT2D eigenvalue weighted by Crippen LogP contribution is 2.18. The molecular weight excluding hydrogens is 318 g/mol. The van der Waals surface area contributed by atoms with Gasteiger partial charge in [-0.05, 0) is 31.0 Å². The molecule has 7 heteroatoms. The number of amides is 1. The van der Waals surface area contributed by atoms with Gasteiger partial charge in [0.05, 0.1) is 11.7 Å². The Morgan fingerprint density at radius 2 is 1.78 bits per heavy atom. The minimum atomic E-state index is -3.40. The van der Waals surface area contributed by atoms with Crippen molar-refractivity contribution in [2.75, 3.05) is 16.8 Å². The van der Waals surface area contributed by atoms with Crippen LogP contribution in [0.2, 0.25) is 0 Å². The Balaban J connectivity index is 2.59. The van der Waals surface area contributed by atoms with E-state index in [9.17, 15) is 18.0 Å². The minimum Gasteiger partial charge on any atom is -0.481 e. The zero-order chi connectivity index (χ0) is 17.5. The van der Waals surface area contributed by atoms with E-state index in [4.69, 9.17) is 5.11 Å². The third kappa shape index (κ3) is 6.81. The van der Waals surface area contributed by atoms with E-state index in [-0.39, 0.29) is 5.75 Å². The summed E-state index contributed by atoms with van der Waals surface area (Å²) in [5.41, 5.74) is 1.06. The van der Waals surface area contributed by atoms with E-state index in [0.29, 0.717) is 17.7 Å². The maximum absolute atomic E-state index is 11.8. The second kappa shape index (κ2) is 8.67. The summed E-state index contributed by atoms with van der Waals surface area (Å²) >= 11 is 0. The van der Waals surface area contributed by atoms with Crippen molar-refractivity contribution in [1.29, 1.82) is 0 Å². The molecular formula is C16H23NO5S. The van der Waals surface area contributed by atoms with Crippen LogP contribution in [0.3, 0.4) is 0 Å². The average Bonchev–Trinajstić information content (AvgIpc) is 2.46. The van der Waals surface area contributed by atoms with Gasteiger partial charge in [-0.25, -0.2) is 8.42 Å². The van der Waals surface area contributed by atoms with Gasteiger partial charge in [-0.3, -0.25) is 9.59 Å². The first kappa shape index (κ1) is 19.2. The summed E-state index contributed by atoms with van der Waals surface area (Å²) in [4.78, 5) is 22.7. The van der Waals surface area contributed by atoms with Gasteiger partial charge < -0.3 is 10.4 Å². The van der Waals surface area contributed by atoms with Crippen LogP contribution >= 0.6 is 0 Å². The highest BCUT2D eigenvalue weighted by Gasteiger charge is 2.17. The molecule has 1 rings (SSSR count). The smallest absolute Gasteiger partial charge is 0.310 e. The number of nitrogens with one attached hydrogen (secondary N) is 1. The van der Waals surface area contributed by atoms with E-state index in [1.807, 2.05) is 6.92 Å². The molecule has 0 spiro atoms. The summed E-state index contributed by atoms with van der Waals surface area (Å²) in [7, 11) is -3.40. The third-order valence-corrected chi connectivity index (χ3v) is 5.09.